The molecule has 2 aliphatic heterocycles. The number of hydrogen-bond acceptors (Lipinski definition) is 3. The minimum atomic E-state index is -1.06. The van der Waals surface area contributed by atoms with Crippen LogP contribution in [-0.4, -0.2) is 39.7 Å². The fourth-order valence-corrected chi connectivity index (χ4v) is 4.47. The molecule has 4 nitrogen and oxygen atoms in total. The second kappa shape index (κ2) is 5.37. The van der Waals surface area contributed by atoms with Crippen LogP contribution in [0, 0.1) is 0 Å². The number of aliphatic carboxylic acids is 1. The summed E-state index contributed by atoms with van der Waals surface area (Å²) in [5.41, 5.74) is -0.0110. The standard InChI is InChI=1S/C16H19NO3S/c1-16(15(19)20)8-4-5-9-17(16)14(18)12-10-21-13-7-3-2-6-11(12)13/h2-3,6-7,12H,4-5,8-10H2,1H3,(H,19,20). The summed E-state index contributed by atoms with van der Waals surface area (Å²) in [6.45, 7) is 2.23. The number of hydrogen-bond donors (Lipinski definition) is 1. The van der Waals surface area contributed by atoms with Crippen LogP contribution in [0.5, 0.6) is 0 Å². The van der Waals surface area contributed by atoms with Gasteiger partial charge >= 0.3 is 5.97 Å². The van der Waals surface area contributed by atoms with Gasteiger partial charge in [-0.15, -0.1) is 11.8 Å². The molecule has 2 aliphatic rings. The Morgan fingerprint density at radius 3 is 2.86 bits per heavy atom. The lowest BCUT2D eigenvalue weighted by molar-refractivity contribution is -0.161. The maximum atomic E-state index is 12.9. The first-order valence-electron chi connectivity index (χ1n) is 7.30. The SMILES string of the molecule is CC1(C(=O)O)CCCCN1C(=O)C1CSc2ccccc21. The first kappa shape index (κ1) is 14.4. The molecule has 0 aromatic heterocycles. The lowest BCUT2D eigenvalue weighted by atomic mass is 9.86. The molecular weight excluding hydrogens is 286 g/mol. The van der Waals surface area contributed by atoms with Gasteiger partial charge in [-0.3, -0.25) is 4.79 Å². The van der Waals surface area contributed by atoms with E-state index in [1.54, 1.807) is 23.6 Å². The third kappa shape index (κ3) is 2.33. The molecule has 1 N–H and O–H groups in total. The summed E-state index contributed by atoms with van der Waals surface area (Å²) in [7, 11) is 0. The van der Waals surface area contributed by atoms with Gasteiger partial charge in [-0.25, -0.2) is 4.79 Å². The Balaban J connectivity index is 1.90. The van der Waals surface area contributed by atoms with Crippen LogP contribution in [0.1, 0.15) is 37.7 Å². The van der Waals surface area contributed by atoms with Crippen LogP contribution in [0.3, 0.4) is 0 Å². The number of fused-ring (bicyclic) bond motifs is 1. The normalized spacial score (nSPS) is 28.2. The first-order valence-corrected chi connectivity index (χ1v) is 8.29. The minimum absolute atomic E-state index is 0.0305. The van der Waals surface area contributed by atoms with Gasteiger partial charge in [0.1, 0.15) is 5.54 Å². The third-order valence-corrected chi connectivity index (χ3v) is 5.80. The predicted molar refractivity (Wildman–Crippen MR) is 81.5 cm³/mol. The molecule has 1 fully saturated rings. The second-order valence-electron chi connectivity index (χ2n) is 5.93. The molecule has 2 unspecified atom stereocenters. The van der Waals surface area contributed by atoms with Gasteiger partial charge in [0.05, 0.1) is 5.92 Å². The van der Waals surface area contributed by atoms with E-state index < -0.39 is 11.5 Å². The van der Waals surface area contributed by atoms with Crippen LogP contribution in [-0.2, 0) is 9.59 Å². The number of rotatable bonds is 2. The van der Waals surface area contributed by atoms with Gasteiger partial charge < -0.3 is 10.0 Å². The van der Waals surface area contributed by atoms with E-state index in [0.717, 1.165) is 23.3 Å². The number of benzene rings is 1. The van der Waals surface area contributed by atoms with E-state index in [4.69, 9.17) is 0 Å². The zero-order chi connectivity index (χ0) is 15.0. The Kier molecular flexibility index (Phi) is 3.69. The van der Waals surface area contributed by atoms with Crippen molar-refractivity contribution in [1.82, 2.24) is 4.90 Å². The van der Waals surface area contributed by atoms with Crippen LogP contribution in [0.4, 0.5) is 0 Å². The van der Waals surface area contributed by atoms with Gasteiger partial charge in [-0.05, 0) is 37.8 Å². The minimum Gasteiger partial charge on any atom is -0.480 e. The average Bonchev–Trinajstić information content (AvgIpc) is 2.91. The summed E-state index contributed by atoms with van der Waals surface area (Å²) in [6, 6.07) is 7.93. The molecule has 2 atom stereocenters. The average molecular weight is 305 g/mol. The number of piperidine rings is 1. The van der Waals surface area contributed by atoms with Crippen LogP contribution in [0.25, 0.3) is 0 Å². The van der Waals surface area contributed by atoms with Gasteiger partial charge in [0.25, 0.3) is 0 Å². The topological polar surface area (TPSA) is 57.6 Å². The maximum absolute atomic E-state index is 12.9. The molecule has 3 rings (SSSR count). The molecule has 21 heavy (non-hydrogen) atoms. The molecule has 112 valence electrons. The number of carboxylic acids is 1. The largest absolute Gasteiger partial charge is 0.480 e. The summed E-state index contributed by atoms with van der Waals surface area (Å²) >= 11 is 1.68. The predicted octanol–water partition coefficient (Wildman–Crippen LogP) is 2.73. The zero-order valence-electron chi connectivity index (χ0n) is 12.0. The molecule has 1 aromatic carbocycles. The third-order valence-electron chi connectivity index (χ3n) is 4.62. The Labute approximate surface area is 128 Å². The molecule has 0 bridgehead atoms. The van der Waals surface area contributed by atoms with Crippen molar-refractivity contribution in [2.75, 3.05) is 12.3 Å². The summed E-state index contributed by atoms with van der Waals surface area (Å²) < 4.78 is 0. The Morgan fingerprint density at radius 1 is 1.33 bits per heavy atom. The van der Waals surface area contributed by atoms with Crippen LogP contribution >= 0.6 is 11.8 Å². The van der Waals surface area contributed by atoms with Crippen molar-refractivity contribution >= 4 is 23.6 Å². The number of thioether (sulfide) groups is 1. The highest BCUT2D eigenvalue weighted by Gasteiger charge is 2.46. The zero-order valence-corrected chi connectivity index (χ0v) is 12.9. The lowest BCUT2D eigenvalue weighted by Gasteiger charge is -2.42. The Morgan fingerprint density at radius 2 is 2.10 bits per heavy atom. The van der Waals surface area contributed by atoms with E-state index in [9.17, 15) is 14.7 Å². The van der Waals surface area contributed by atoms with Crippen molar-refractivity contribution in [3.8, 4) is 0 Å². The van der Waals surface area contributed by atoms with E-state index in [1.165, 1.54) is 0 Å². The van der Waals surface area contributed by atoms with Crippen LogP contribution < -0.4 is 0 Å². The Hall–Kier alpha value is -1.49. The molecule has 0 spiro atoms. The van der Waals surface area contributed by atoms with E-state index in [2.05, 4.69) is 0 Å². The summed E-state index contributed by atoms with van der Waals surface area (Å²) in [4.78, 5) is 27.3. The summed E-state index contributed by atoms with van der Waals surface area (Å²) in [5, 5.41) is 9.56. The molecule has 2 heterocycles. The van der Waals surface area contributed by atoms with Crippen molar-refractivity contribution in [3.63, 3.8) is 0 Å². The quantitative estimate of drug-likeness (QED) is 0.913. The van der Waals surface area contributed by atoms with Gasteiger partial charge in [0.15, 0.2) is 0 Å². The van der Waals surface area contributed by atoms with Gasteiger partial charge in [-0.2, -0.15) is 0 Å². The lowest BCUT2D eigenvalue weighted by Crippen LogP contribution is -2.58. The van der Waals surface area contributed by atoms with Crippen molar-refractivity contribution in [2.45, 2.75) is 42.5 Å². The van der Waals surface area contributed by atoms with Crippen LogP contribution in [0.15, 0.2) is 29.2 Å². The van der Waals surface area contributed by atoms with Gasteiger partial charge in [0.2, 0.25) is 5.91 Å². The fourth-order valence-electron chi connectivity index (χ4n) is 3.25. The number of nitrogens with zero attached hydrogens (tertiary/aromatic N) is 1. The Bertz CT molecular complexity index is 589. The molecule has 5 heteroatoms. The van der Waals surface area contributed by atoms with Crippen molar-refractivity contribution in [2.24, 2.45) is 0 Å². The molecule has 0 radical (unpaired) electrons. The number of carboxylic acid groups (broad SMARTS) is 1. The highest BCUT2D eigenvalue weighted by molar-refractivity contribution is 7.99. The number of likely N-dealkylation sites (tertiary alicyclic amines) is 1. The summed E-state index contributed by atoms with van der Waals surface area (Å²) in [6.07, 6.45) is 2.29. The second-order valence-corrected chi connectivity index (χ2v) is 6.99. The monoisotopic (exact) mass is 305 g/mol. The van der Waals surface area contributed by atoms with Crippen molar-refractivity contribution < 1.29 is 14.7 Å². The molecule has 1 amide bonds. The van der Waals surface area contributed by atoms with E-state index >= 15 is 0 Å². The number of amides is 1. The van der Waals surface area contributed by atoms with Gasteiger partial charge in [0, 0.05) is 17.2 Å². The van der Waals surface area contributed by atoms with Crippen molar-refractivity contribution in [3.05, 3.63) is 29.8 Å². The molecule has 1 aromatic rings. The highest BCUT2D eigenvalue weighted by Crippen LogP contribution is 2.42. The molecule has 1 saturated heterocycles. The van der Waals surface area contributed by atoms with E-state index in [0.29, 0.717) is 18.7 Å². The maximum Gasteiger partial charge on any atom is 0.329 e. The van der Waals surface area contributed by atoms with Crippen molar-refractivity contribution in [1.29, 1.82) is 0 Å². The van der Waals surface area contributed by atoms with Crippen LogP contribution in [0.2, 0.25) is 0 Å². The molecular formula is C16H19NO3S. The first-order chi connectivity index (χ1) is 10.0. The highest BCUT2D eigenvalue weighted by atomic mass is 32.2. The summed E-state index contributed by atoms with van der Waals surface area (Å²) in [5.74, 6) is -0.417. The van der Waals surface area contributed by atoms with E-state index in [1.807, 2.05) is 24.3 Å². The molecule has 0 aliphatic carbocycles. The smallest absolute Gasteiger partial charge is 0.329 e. The number of carbonyl (C=O) groups excluding carboxylic acids is 1. The van der Waals surface area contributed by atoms with E-state index in [-0.39, 0.29) is 11.8 Å². The van der Waals surface area contributed by atoms with Gasteiger partial charge in [-0.1, -0.05) is 18.2 Å². The molecule has 0 saturated carbocycles. The number of carbonyl (C=O) groups is 2. The fraction of sp³-hybridized carbons (Fsp3) is 0.500.